The molecule has 0 bridgehead atoms. The van der Waals surface area contributed by atoms with Gasteiger partial charge in [-0.05, 0) is 29.8 Å². The Morgan fingerprint density at radius 3 is 2.48 bits per heavy atom. The summed E-state index contributed by atoms with van der Waals surface area (Å²) in [6.07, 6.45) is 0. The zero-order valence-electron chi connectivity index (χ0n) is 15.0. The molecule has 6 nitrogen and oxygen atoms in total. The molecule has 0 spiro atoms. The first-order valence-electron chi connectivity index (χ1n) is 7.99. The first kappa shape index (κ1) is 18.6. The van der Waals surface area contributed by atoms with Crippen molar-refractivity contribution in [3.63, 3.8) is 0 Å². The number of hydrogen-bond donors (Lipinski definition) is 1. The Bertz CT molecular complexity index is 688. The van der Waals surface area contributed by atoms with Crippen molar-refractivity contribution in [3.05, 3.63) is 54.1 Å². The van der Waals surface area contributed by atoms with Crippen LogP contribution in [0.2, 0.25) is 0 Å². The summed E-state index contributed by atoms with van der Waals surface area (Å²) in [5.41, 5.74) is 1.82. The van der Waals surface area contributed by atoms with E-state index in [2.05, 4.69) is 12.2 Å². The Morgan fingerprint density at radius 1 is 1.12 bits per heavy atom. The fourth-order valence-corrected chi connectivity index (χ4v) is 2.20. The lowest BCUT2D eigenvalue weighted by molar-refractivity contribution is -0.0598. The summed E-state index contributed by atoms with van der Waals surface area (Å²) in [6, 6.07) is 14.8. The molecule has 134 valence electrons. The van der Waals surface area contributed by atoms with Gasteiger partial charge in [0.2, 0.25) is 0 Å². The number of carbonyl (C=O) groups excluding carboxylic acids is 1. The van der Waals surface area contributed by atoms with Gasteiger partial charge < -0.3 is 14.8 Å². The standard InChI is InChI=1S/C19H24N2O4/c1-14(15-8-10-17(23-3)11-9-15)13-25-18-7-5-6-16(12-18)20-19(22)21(2)24-4/h5-12,14H,13H2,1-4H3,(H,20,22). The smallest absolute Gasteiger partial charge is 0.345 e. The third kappa shape index (κ3) is 5.39. The van der Waals surface area contributed by atoms with Crippen molar-refractivity contribution in [3.8, 4) is 11.5 Å². The molecule has 0 radical (unpaired) electrons. The van der Waals surface area contributed by atoms with E-state index in [1.807, 2.05) is 36.4 Å². The van der Waals surface area contributed by atoms with Crippen LogP contribution in [0.5, 0.6) is 11.5 Å². The minimum absolute atomic E-state index is 0.226. The Hall–Kier alpha value is -2.73. The molecule has 0 aliphatic carbocycles. The van der Waals surface area contributed by atoms with Gasteiger partial charge in [0, 0.05) is 24.7 Å². The highest BCUT2D eigenvalue weighted by molar-refractivity contribution is 5.88. The molecule has 0 saturated carbocycles. The van der Waals surface area contributed by atoms with E-state index in [9.17, 15) is 4.79 Å². The van der Waals surface area contributed by atoms with Crippen LogP contribution in [0.1, 0.15) is 18.4 Å². The number of hydrogen-bond acceptors (Lipinski definition) is 4. The van der Waals surface area contributed by atoms with E-state index in [1.54, 1.807) is 19.2 Å². The number of methoxy groups -OCH3 is 1. The van der Waals surface area contributed by atoms with Crippen LogP contribution in [0.3, 0.4) is 0 Å². The van der Waals surface area contributed by atoms with E-state index in [4.69, 9.17) is 14.3 Å². The maximum absolute atomic E-state index is 11.8. The predicted octanol–water partition coefficient (Wildman–Crippen LogP) is 3.90. The van der Waals surface area contributed by atoms with Gasteiger partial charge in [0.1, 0.15) is 11.5 Å². The average Bonchev–Trinajstić information content (AvgIpc) is 2.65. The van der Waals surface area contributed by atoms with Crippen molar-refractivity contribution < 1.29 is 19.1 Å². The van der Waals surface area contributed by atoms with Gasteiger partial charge >= 0.3 is 6.03 Å². The predicted molar refractivity (Wildman–Crippen MR) is 97.1 cm³/mol. The monoisotopic (exact) mass is 344 g/mol. The summed E-state index contributed by atoms with van der Waals surface area (Å²) in [7, 11) is 4.61. The number of ether oxygens (including phenoxy) is 2. The highest BCUT2D eigenvalue weighted by Gasteiger charge is 2.10. The highest BCUT2D eigenvalue weighted by Crippen LogP contribution is 2.22. The van der Waals surface area contributed by atoms with Crippen LogP contribution in [0, 0.1) is 0 Å². The molecule has 25 heavy (non-hydrogen) atoms. The molecule has 2 aromatic rings. The van der Waals surface area contributed by atoms with E-state index in [1.165, 1.54) is 19.7 Å². The molecular weight excluding hydrogens is 320 g/mol. The average molecular weight is 344 g/mol. The Balaban J connectivity index is 1.93. The molecule has 1 atom stereocenters. The number of anilines is 1. The molecule has 1 unspecified atom stereocenters. The molecule has 2 amide bonds. The van der Waals surface area contributed by atoms with Gasteiger partial charge in [0.15, 0.2) is 0 Å². The number of amides is 2. The molecule has 0 heterocycles. The zero-order chi connectivity index (χ0) is 18.2. The Morgan fingerprint density at radius 2 is 1.84 bits per heavy atom. The largest absolute Gasteiger partial charge is 0.497 e. The molecule has 0 aromatic heterocycles. The Kier molecular flexibility index (Phi) is 6.65. The number of urea groups is 1. The minimum Gasteiger partial charge on any atom is -0.497 e. The van der Waals surface area contributed by atoms with Crippen LogP contribution in [-0.2, 0) is 4.84 Å². The summed E-state index contributed by atoms with van der Waals surface area (Å²) in [5.74, 6) is 1.75. The second kappa shape index (κ2) is 8.94. The number of nitrogens with zero attached hydrogens (tertiary/aromatic N) is 1. The van der Waals surface area contributed by atoms with Gasteiger partial charge in [-0.25, -0.2) is 9.86 Å². The lowest BCUT2D eigenvalue weighted by Gasteiger charge is -2.16. The van der Waals surface area contributed by atoms with Gasteiger partial charge in [-0.1, -0.05) is 25.1 Å². The van der Waals surface area contributed by atoms with Crippen molar-refractivity contribution >= 4 is 11.7 Å². The number of carbonyl (C=O) groups is 1. The van der Waals surface area contributed by atoms with E-state index in [-0.39, 0.29) is 11.9 Å². The normalized spacial score (nSPS) is 11.5. The van der Waals surface area contributed by atoms with Crippen molar-refractivity contribution in [1.29, 1.82) is 0 Å². The van der Waals surface area contributed by atoms with Gasteiger partial charge in [0.25, 0.3) is 0 Å². The fourth-order valence-electron chi connectivity index (χ4n) is 2.20. The van der Waals surface area contributed by atoms with E-state index < -0.39 is 0 Å². The lowest BCUT2D eigenvalue weighted by atomic mass is 10.0. The topological polar surface area (TPSA) is 60.0 Å². The molecule has 0 saturated heterocycles. The lowest BCUT2D eigenvalue weighted by Crippen LogP contribution is -2.30. The number of nitrogens with one attached hydrogen (secondary N) is 1. The fraction of sp³-hybridized carbons (Fsp3) is 0.316. The van der Waals surface area contributed by atoms with Crippen molar-refractivity contribution in [2.45, 2.75) is 12.8 Å². The van der Waals surface area contributed by atoms with Gasteiger partial charge in [-0.15, -0.1) is 0 Å². The highest BCUT2D eigenvalue weighted by atomic mass is 16.7. The molecule has 2 aromatic carbocycles. The van der Waals surface area contributed by atoms with E-state index in [0.717, 1.165) is 10.8 Å². The van der Waals surface area contributed by atoms with Crippen molar-refractivity contribution in [2.75, 3.05) is 33.2 Å². The van der Waals surface area contributed by atoms with Crippen LogP contribution in [0.15, 0.2) is 48.5 Å². The van der Waals surface area contributed by atoms with Crippen molar-refractivity contribution in [2.24, 2.45) is 0 Å². The summed E-state index contributed by atoms with van der Waals surface area (Å²) < 4.78 is 11.0. The van der Waals surface area contributed by atoms with Crippen molar-refractivity contribution in [1.82, 2.24) is 5.06 Å². The first-order chi connectivity index (χ1) is 12.0. The number of benzene rings is 2. The second-order valence-corrected chi connectivity index (χ2v) is 5.62. The van der Waals surface area contributed by atoms with Gasteiger partial charge in [-0.3, -0.25) is 4.84 Å². The SMILES string of the molecule is COc1ccc(C(C)COc2cccc(NC(=O)N(C)OC)c2)cc1. The number of rotatable bonds is 7. The quantitative estimate of drug-likeness (QED) is 0.774. The third-order valence-corrected chi connectivity index (χ3v) is 3.83. The molecule has 0 aliphatic rings. The maximum atomic E-state index is 11.8. The Labute approximate surface area is 148 Å². The molecule has 2 rings (SSSR count). The molecule has 0 fully saturated rings. The molecule has 1 N–H and O–H groups in total. The van der Waals surface area contributed by atoms with E-state index in [0.29, 0.717) is 18.0 Å². The first-order valence-corrected chi connectivity index (χ1v) is 7.99. The summed E-state index contributed by atoms with van der Waals surface area (Å²) >= 11 is 0. The van der Waals surface area contributed by atoms with Crippen LogP contribution in [-0.4, -0.2) is 39.0 Å². The molecular formula is C19H24N2O4. The zero-order valence-corrected chi connectivity index (χ0v) is 15.0. The van der Waals surface area contributed by atoms with Crippen LogP contribution < -0.4 is 14.8 Å². The summed E-state index contributed by atoms with van der Waals surface area (Å²) in [4.78, 5) is 16.6. The van der Waals surface area contributed by atoms with E-state index >= 15 is 0 Å². The van der Waals surface area contributed by atoms with Gasteiger partial charge in [-0.2, -0.15) is 0 Å². The third-order valence-electron chi connectivity index (χ3n) is 3.83. The summed E-state index contributed by atoms with van der Waals surface area (Å²) in [6.45, 7) is 2.63. The van der Waals surface area contributed by atoms with Crippen LogP contribution in [0.4, 0.5) is 10.5 Å². The van der Waals surface area contributed by atoms with Crippen LogP contribution >= 0.6 is 0 Å². The van der Waals surface area contributed by atoms with Gasteiger partial charge in [0.05, 0.1) is 20.8 Å². The maximum Gasteiger partial charge on any atom is 0.345 e. The molecule has 6 heteroatoms. The van der Waals surface area contributed by atoms with Crippen LogP contribution in [0.25, 0.3) is 0 Å². The molecule has 0 aliphatic heterocycles. The minimum atomic E-state index is -0.355. The summed E-state index contributed by atoms with van der Waals surface area (Å²) in [5, 5.41) is 3.84. The number of hydroxylamine groups is 2. The second-order valence-electron chi connectivity index (χ2n) is 5.62.